The molecule has 2 aliphatic carbocycles. The Kier molecular flexibility index (Phi) is 12.3. The molecule has 7 rings (SSSR count). The van der Waals surface area contributed by atoms with Crippen molar-refractivity contribution in [3.05, 3.63) is 90.3 Å². The van der Waals surface area contributed by atoms with Gasteiger partial charge in [0.15, 0.2) is 0 Å². The lowest BCUT2D eigenvalue weighted by Crippen LogP contribution is -2.66. The molecular formula is C42H48FN5O9S. The van der Waals surface area contributed by atoms with E-state index in [1.807, 2.05) is 53.3 Å². The predicted molar refractivity (Wildman–Crippen MR) is 210 cm³/mol. The summed E-state index contributed by atoms with van der Waals surface area (Å²) in [5.74, 6) is -4.13. The molecule has 3 aromatic rings. The van der Waals surface area contributed by atoms with E-state index >= 15 is 0 Å². The van der Waals surface area contributed by atoms with Crippen molar-refractivity contribution >= 4 is 50.7 Å². The first kappa shape index (κ1) is 40.7. The number of allylic oxidation sites excluding steroid dienone is 1. The highest BCUT2D eigenvalue weighted by Gasteiger charge is 2.61. The molecular weight excluding hydrogens is 770 g/mol. The first-order chi connectivity index (χ1) is 27.9. The number of amides is 5. The number of benzene rings is 3. The molecule has 14 nitrogen and oxygen atoms in total. The molecule has 4 aliphatic rings. The minimum Gasteiger partial charge on any atom is -0.446 e. The first-order valence-corrected chi connectivity index (χ1v) is 21.4. The summed E-state index contributed by atoms with van der Waals surface area (Å²) >= 11 is 0. The fourth-order valence-electron chi connectivity index (χ4n) is 8.14. The molecule has 308 valence electrons. The Labute approximate surface area is 336 Å². The molecule has 4 atom stereocenters. The fraction of sp³-hybridized carbons (Fsp3) is 0.452. The Hall–Kier alpha value is -5.51. The van der Waals surface area contributed by atoms with Crippen molar-refractivity contribution in [2.45, 2.75) is 99.4 Å². The van der Waals surface area contributed by atoms with Gasteiger partial charge >= 0.3 is 12.2 Å². The molecule has 3 fully saturated rings. The Morgan fingerprint density at radius 1 is 0.897 bits per heavy atom. The molecule has 58 heavy (non-hydrogen) atoms. The molecule has 2 saturated carbocycles. The third-order valence-electron chi connectivity index (χ3n) is 11.5. The van der Waals surface area contributed by atoms with Gasteiger partial charge in [0.25, 0.3) is 15.9 Å². The summed E-state index contributed by atoms with van der Waals surface area (Å²) in [6.07, 6.45) is 8.18. The minimum atomic E-state index is -4.69. The van der Waals surface area contributed by atoms with Crippen molar-refractivity contribution in [1.82, 2.24) is 25.2 Å². The highest BCUT2D eigenvalue weighted by atomic mass is 32.2. The lowest BCUT2D eigenvalue weighted by atomic mass is 10.0. The van der Waals surface area contributed by atoms with Gasteiger partial charge in [-0.15, -0.1) is 0 Å². The van der Waals surface area contributed by atoms with Crippen LogP contribution in [-0.2, 0) is 40.5 Å². The number of ether oxygens (including phenoxy) is 2. The second kappa shape index (κ2) is 17.5. The zero-order valence-electron chi connectivity index (χ0n) is 32.1. The fourth-order valence-corrected chi connectivity index (χ4v) is 9.26. The zero-order chi connectivity index (χ0) is 40.9. The van der Waals surface area contributed by atoms with Crippen LogP contribution in [0, 0.1) is 11.7 Å². The van der Waals surface area contributed by atoms with Crippen molar-refractivity contribution in [1.29, 1.82) is 0 Å². The molecule has 2 heterocycles. The summed E-state index contributed by atoms with van der Waals surface area (Å²) in [7, 11) is -4.69. The lowest BCUT2D eigenvalue weighted by Gasteiger charge is -2.41. The molecule has 16 heteroatoms. The summed E-state index contributed by atoms with van der Waals surface area (Å²) in [4.78, 5) is 71.5. The average molecular weight is 818 g/mol. The van der Waals surface area contributed by atoms with Crippen LogP contribution in [0.2, 0.25) is 0 Å². The smallest absolute Gasteiger partial charge is 0.410 e. The molecule has 3 N–H and O–H groups in total. The molecule has 0 bridgehead atoms. The van der Waals surface area contributed by atoms with E-state index in [0.717, 1.165) is 60.6 Å². The third-order valence-corrected chi connectivity index (χ3v) is 12.8. The Morgan fingerprint density at radius 3 is 2.45 bits per heavy atom. The Morgan fingerprint density at radius 2 is 1.64 bits per heavy atom. The topological polar surface area (TPSA) is 181 Å². The number of halogens is 1. The van der Waals surface area contributed by atoms with Crippen LogP contribution < -0.4 is 15.4 Å². The molecule has 0 spiro atoms. The summed E-state index contributed by atoms with van der Waals surface area (Å²) in [5, 5.41) is 7.37. The van der Waals surface area contributed by atoms with Crippen LogP contribution in [0.25, 0.3) is 10.8 Å². The van der Waals surface area contributed by atoms with Crippen LogP contribution in [0.4, 0.5) is 14.0 Å². The number of hydrogen-bond donors (Lipinski definition) is 3. The van der Waals surface area contributed by atoms with Crippen LogP contribution in [0.15, 0.2) is 83.8 Å². The largest absolute Gasteiger partial charge is 0.446 e. The SMILES string of the molecule is O=C(N[C@H]1CCCCC/C=C/C2C[C@]2(C(=O)NS(=O)(=O)c2ccccc2F)NC(=O)[C@@H]2CN(C(=O)OCc3cccc4ccccc34)CCN2C1=O)OC1CCCC1. The van der Waals surface area contributed by atoms with Crippen molar-refractivity contribution in [2.75, 3.05) is 19.6 Å². The van der Waals surface area contributed by atoms with Gasteiger partial charge in [0.05, 0.1) is 6.54 Å². The predicted octanol–water partition coefficient (Wildman–Crippen LogP) is 5.07. The third kappa shape index (κ3) is 9.11. The van der Waals surface area contributed by atoms with E-state index in [-0.39, 0.29) is 45.2 Å². The highest BCUT2D eigenvalue weighted by Crippen LogP contribution is 2.45. The number of sulfonamides is 1. The van der Waals surface area contributed by atoms with Crippen LogP contribution >= 0.6 is 0 Å². The summed E-state index contributed by atoms with van der Waals surface area (Å²) in [5.41, 5.74) is -0.989. The second-order valence-electron chi connectivity index (χ2n) is 15.4. The van der Waals surface area contributed by atoms with Gasteiger partial charge in [-0.2, -0.15) is 0 Å². The maximum atomic E-state index is 14.6. The molecule has 2 aliphatic heterocycles. The number of carbonyl (C=O) groups is 5. The average Bonchev–Trinajstić information content (AvgIpc) is 3.66. The Balaban J connectivity index is 1.15. The summed E-state index contributed by atoms with van der Waals surface area (Å²) in [6.45, 7) is -0.489. The standard InChI is InChI=1S/C42H48FN5O9S/c43-33-20-10-11-22-36(33)58(54,55)46-39(51)42-25-30(42)16-4-2-1-3-5-21-34(44-40(52)57-31-17-7-8-18-31)38(50)48-24-23-47(26-35(48)37(49)45-42)41(53)56-27-29-15-12-14-28-13-6-9-19-32(28)29/h4,6,9-16,19-20,22,30-31,34-35H,1-3,5,7-8,17-18,21,23-27H2,(H,44,52)(H,45,49)(H,46,51)/b16-4+/t30?,34-,35-,42-/m0/s1. The van der Waals surface area contributed by atoms with E-state index in [2.05, 4.69) is 10.6 Å². The van der Waals surface area contributed by atoms with Gasteiger partial charge < -0.3 is 29.9 Å². The number of carbonyl (C=O) groups excluding carboxylic acids is 5. The summed E-state index contributed by atoms with van der Waals surface area (Å²) in [6, 6.07) is 15.5. The number of nitrogens with one attached hydrogen (secondary N) is 3. The maximum Gasteiger partial charge on any atom is 0.410 e. The van der Waals surface area contributed by atoms with E-state index in [4.69, 9.17) is 9.47 Å². The maximum absolute atomic E-state index is 14.6. The van der Waals surface area contributed by atoms with Crippen molar-refractivity contribution in [3.8, 4) is 0 Å². The molecule has 1 saturated heterocycles. The first-order valence-electron chi connectivity index (χ1n) is 19.9. The summed E-state index contributed by atoms with van der Waals surface area (Å²) < 4.78 is 54.4. The second-order valence-corrected chi connectivity index (χ2v) is 17.0. The van der Waals surface area contributed by atoms with Crippen molar-refractivity contribution < 1.29 is 46.3 Å². The van der Waals surface area contributed by atoms with E-state index in [1.165, 1.54) is 21.9 Å². The van der Waals surface area contributed by atoms with E-state index < -0.39 is 74.2 Å². The molecule has 3 aromatic carbocycles. The molecule has 0 radical (unpaired) electrons. The Bertz CT molecular complexity index is 2190. The number of piperazine rings is 1. The number of alkyl carbamates (subject to hydrolysis) is 1. The van der Waals surface area contributed by atoms with Gasteiger partial charge in [-0.05, 0) is 79.8 Å². The number of rotatable bonds is 7. The van der Waals surface area contributed by atoms with E-state index in [0.29, 0.717) is 19.3 Å². The van der Waals surface area contributed by atoms with Gasteiger partial charge in [0, 0.05) is 19.0 Å². The van der Waals surface area contributed by atoms with Gasteiger partial charge in [0.1, 0.15) is 41.0 Å². The normalized spacial score (nSPS) is 24.9. The minimum absolute atomic E-state index is 0.000998. The van der Waals surface area contributed by atoms with E-state index in [9.17, 15) is 36.8 Å². The van der Waals surface area contributed by atoms with Gasteiger partial charge in [-0.25, -0.2) is 27.1 Å². The van der Waals surface area contributed by atoms with Gasteiger partial charge in [-0.1, -0.05) is 79.6 Å². The number of fused-ring (bicyclic) bond motifs is 3. The number of hydrogen-bond acceptors (Lipinski definition) is 9. The zero-order valence-corrected chi connectivity index (χ0v) is 32.9. The van der Waals surface area contributed by atoms with Gasteiger partial charge in [-0.3, -0.25) is 14.4 Å². The molecule has 1 unspecified atom stereocenters. The monoisotopic (exact) mass is 817 g/mol. The number of nitrogens with zero attached hydrogens (tertiary/aromatic N) is 2. The van der Waals surface area contributed by atoms with Crippen molar-refractivity contribution in [3.63, 3.8) is 0 Å². The lowest BCUT2D eigenvalue weighted by molar-refractivity contribution is -0.146. The molecule has 0 aromatic heterocycles. The van der Waals surface area contributed by atoms with E-state index in [1.54, 1.807) is 6.08 Å². The van der Waals surface area contributed by atoms with Gasteiger partial charge in [0.2, 0.25) is 11.8 Å². The van der Waals surface area contributed by atoms with Crippen LogP contribution in [0.1, 0.15) is 69.8 Å². The van der Waals surface area contributed by atoms with Crippen LogP contribution in [0.3, 0.4) is 0 Å². The van der Waals surface area contributed by atoms with Crippen LogP contribution in [0.5, 0.6) is 0 Å². The highest BCUT2D eigenvalue weighted by molar-refractivity contribution is 7.90. The van der Waals surface area contributed by atoms with Crippen molar-refractivity contribution in [2.24, 2.45) is 5.92 Å². The van der Waals surface area contributed by atoms with Crippen LogP contribution in [-0.4, -0.2) is 91.5 Å². The quantitative estimate of drug-likeness (QED) is 0.275. The molecule has 5 amide bonds.